The number of allylic oxidation sites excluding steroid dienone is 3. The van der Waals surface area contributed by atoms with Gasteiger partial charge in [-0.15, -0.1) is 0 Å². The molecule has 0 spiro atoms. The standard InChI is InChI=1S/C22H25IN4O/c1-8-16(9-2)19-12(3)18(23)10-17(21(19)28-7)15(6)27-22-20(14(5)26-27)13(4)24-11-25-22/h8-11,15H,1H2,2-7H3/b16-9+. The Kier molecular flexibility index (Phi) is 5.88. The summed E-state index contributed by atoms with van der Waals surface area (Å²) in [4.78, 5) is 8.84. The van der Waals surface area contributed by atoms with E-state index in [0.717, 1.165) is 44.9 Å². The van der Waals surface area contributed by atoms with Gasteiger partial charge < -0.3 is 4.74 Å². The maximum atomic E-state index is 5.92. The van der Waals surface area contributed by atoms with Crippen molar-refractivity contribution in [2.75, 3.05) is 7.11 Å². The molecule has 0 fully saturated rings. The number of nitrogens with zero attached hydrogens (tertiary/aromatic N) is 4. The van der Waals surface area contributed by atoms with Crippen molar-refractivity contribution in [2.24, 2.45) is 0 Å². The number of methoxy groups -OCH3 is 1. The number of aryl methyl sites for hydroxylation is 2. The number of halogens is 1. The van der Waals surface area contributed by atoms with Gasteiger partial charge in [0.1, 0.15) is 12.1 Å². The summed E-state index contributed by atoms with van der Waals surface area (Å²) in [5.41, 5.74) is 7.09. The lowest BCUT2D eigenvalue weighted by molar-refractivity contribution is 0.399. The first-order chi connectivity index (χ1) is 13.3. The molecule has 2 aromatic heterocycles. The highest BCUT2D eigenvalue weighted by molar-refractivity contribution is 14.1. The van der Waals surface area contributed by atoms with E-state index in [1.807, 2.05) is 31.5 Å². The van der Waals surface area contributed by atoms with E-state index < -0.39 is 0 Å². The van der Waals surface area contributed by atoms with E-state index in [4.69, 9.17) is 9.84 Å². The first-order valence-corrected chi connectivity index (χ1v) is 10.3. The van der Waals surface area contributed by atoms with Gasteiger partial charge in [-0.1, -0.05) is 18.7 Å². The zero-order valence-corrected chi connectivity index (χ0v) is 19.3. The van der Waals surface area contributed by atoms with Gasteiger partial charge in [0.25, 0.3) is 0 Å². The first-order valence-electron chi connectivity index (χ1n) is 9.18. The molecule has 0 saturated carbocycles. The van der Waals surface area contributed by atoms with Gasteiger partial charge >= 0.3 is 0 Å². The van der Waals surface area contributed by atoms with Crippen LogP contribution in [0.3, 0.4) is 0 Å². The summed E-state index contributed by atoms with van der Waals surface area (Å²) in [7, 11) is 1.72. The van der Waals surface area contributed by atoms with Crippen LogP contribution < -0.4 is 4.74 Å². The maximum Gasteiger partial charge on any atom is 0.162 e. The van der Waals surface area contributed by atoms with Gasteiger partial charge in [-0.05, 0) is 74.4 Å². The van der Waals surface area contributed by atoms with Crippen LogP contribution in [0.5, 0.6) is 5.75 Å². The average Bonchev–Trinajstić information content (AvgIpc) is 3.03. The van der Waals surface area contributed by atoms with Crippen molar-refractivity contribution in [3.05, 3.63) is 62.8 Å². The monoisotopic (exact) mass is 488 g/mol. The number of hydrogen-bond acceptors (Lipinski definition) is 4. The number of aromatic nitrogens is 4. The van der Waals surface area contributed by atoms with Crippen molar-refractivity contribution in [1.82, 2.24) is 19.7 Å². The predicted octanol–water partition coefficient (Wildman–Crippen LogP) is 5.56. The van der Waals surface area contributed by atoms with Crippen LogP contribution in [0.25, 0.3) is 16.6 Å². The van der Waals surface area contributed by atoms with Crippen LogP contribution in [0, 0.1) is 24.3 Å². The highest BCUT2D eigenvalue weighted by atomic mass is 127. The molecule has 0 radical (unpaired) electrons. The lowest BCUT2D eigenvalue weighted by atomic mass is 9.93. The van der Waals surface area contributed by atoms with Gasteiger partial charge in [-0.3, -0.25) is 0 Å². The smallest absolute Gasteiger partial charge is 0.162 e. The summed E-state index contributed by atoms with van der Waals surface area (Å²) in [6.45, 7) is 14.2. The predicted molar refractivity (Wildman–Crippen MR) is 123 cm³/mol. The van der Waals surface area contributed by atoms with Crippen LogP contribution in [-0.2, 0) is 0 Å². The van der Waals surface area contributed by atoms with E-state index in [1.165, 1.54) is 9.13 Å². The minimum atomic E-state index is -0.0590. The quantitative estimate of drug-likeness (QED) is 0.349. The highest BCUT2D eigenvalue weighted by Crippen LogP contribution is 2.40. The largest absolute Gasteiger partial charge is 0.496 e. The number of ether oxygens (including phenoxy) is 1. The van der Waals surface area contributed by atoms with E-state index in [2.05, 4.69) is 65.1 Å². The van der Waals surface area contributed by atoms with Gasteiger partial charge in [0.05, 0.1) is 29.9 Å². The second-order valence-corrected chi connectivity index (χ2v) is 7.95. The Morgan fingerprint density at radius 2 is 1.96 bits per heavy atom. The molecule has 0 N–H and O–H groups in total. The number of fused-ring (bicyclic) bond motifs is 1. The molecule has 1 aromatic carbocycles. The summed E-state index contributed by atoms with van der Waals surface area (Å²) >= 11 is 2.38. The Labute approximate surface area is 179 Å². The molecule has 2 heterocycles. The molecule has 0 saturated heterocycles. The minimum absolute atomic E-state index is 0.0590. The van der Waals surface area contributed by atoms with Crippen molar-refractivity contribution >= 4 is 39.2 Å². The number of benzene rings is 1. The van der Waals surface area contributed by atoms with Crippen LogP contribution in [0.4, 0.5) is 0 Å². The average molecular weight is 488 g/mol. The molecule has 0 bridgehead atoms. The lowest BCUT2D eigenvalue weighted by Crippen LogP contribution is -2.13. The Morgan fingerprint density at radius 1 is 1.25 bits per heavy atom. The third-order valence-electron chi connectivity index (χ3n) is 5.20. The number of hydrogen-bond donors (Lipinski definition) is 0. The fraction of sp³-hybridized carbons (Fsp3) is 0.318. The zero-order chi connectivity index (χ0) is 20.6. The second kappa shape index (κ2) is 8.03. The summed E-state index contributed by atoms with van der Waals surface area (Å²) < 4.78 is 9.06. The van der Waals surface area contributed by atoms with Crippen molar-refractivity contribution in [1.29, 1.82) is 0 Å². The highest BCUT2D eigenvalue weighted by Gasteiger charge is 2.24. The molecule has 0 aliphatic rings. The van der Waals surface area contributed by atoms with E-state index in [0.29, 0.717) is 0 Å². The summed E-state index contributed by atoms with van der Waals surface area (Å²) in [6, 6.07) is 2.12. The van der Waals surface area contributed by atoms with Gasteiger partial charge in [-0.2, -0.15) is 5.10 Å². The topological polar surface area (TPSA) is 52.8 Å². The molecular formula is C22H25IN4O. The van der Waals surface area contributed by atoms with Crippen molar-refractivity contribution in [3.8, 4) is 5.75 Å². The van der Waals surface area contributed by atoms with Crippen LogP contribution >= 0.6 is 22.6 Å². The third-order valence-corrected chi connectivity index (χ3v) is 6.32. The van der Waals surface area contributed by atoms with Crippen molar-refractivity contribution in [2.45, 2.75) is 40.7 Å². The molecule has 1 atom stereocenters. The molecule has 0 amide bonds. The van der Waals surface area contributed by atoms with E-state index in [1.54, 1.807) is 13.4 Å². The Hall–Kier alpha value is -2.22. The molecular weight excluding hydrogens is 463 g/mol. The molecule has 146 valence electrons. The van der Waals surface area contributed by atoms with Gasteiger partial charge in [0.2, 0.25) is 0 Å². The molecule has 1 unspecified atom stereocenters. The molecule has 0 aliphatic carbocycles. The van der Waals surface area contributed by atoms with Crippen LogP contribution in [0.1, 0.15) is 48.0 Å². The van der Waals surface area contributed by atoms with Gasteiger partial charge in [0.15, 0.2) is 5.65 Å². The normalized spacial score (nSPS) is 13.0. The third kappa shape index (κ3) is 3.23. The van der Waals surface area contributed by atoms with Crippen molar-refractivity contribution in [3.63, 3.8) is 0 Å². The maximum absolute atomic E-state index is 5.92. The van der Waals surface area contributed by atoms with Crippen LogP contribution in [0.2, 0.25) is 0 Å². The zero-order valence-electron chi connectivity index (χ0n) is 17.2. The van der Waals surface area contributed by atoms with Gasteiger partial charge in [-0.25, -0.2) is 14.6 Å². The van der Waals surface area contributed by atoms with E-state index in [9.17, 15) is 0 Å². The van der Waals surface area contributed by atoms with Crippen LogP contribution in [0.15, 0.2) is 31.1 Å². The number of rotatable bonds is 5. The fourth-order valence-corrected chi connectivity index (χ4v) is 4.31. The Morgan fingerprint density at radius 3 is 2.57 bits per heavy atom. The molecule has 3 rings (SSSR count). The Bertz CT molecular complexity index is 1100. The second-order valence-electron chi connectivity index (χ2n) is 6.79. The fourth-order valence-electron chi connectivity index (χ4n) is 3.71. The Balaban J connectivity index is 2.30. The van der Waals surface area contributed by atoms with Gasteiger partial charge in [0, 0.05) is 14.7 Å². The molecule has 6 heteroatoms. The molecule has 3 aromatic rings. The minimum Gasteiger partial charge on any atom is -0.496 e. The van der Waals surface area contributed by atoms with Crippen molar-refractivity contribution < 1.29 is 4.74 Å². The van der Waals surface area contributed by atoms with E-state index in [-0.39, 0.29) is 6.04 Å². The molecule has 28 heavy (non-hydrogen) atoms. The van der Waals surface area contributed by atoms with E-state index >= 15 is 0 Å². The molecule has 0 aliphatic heterocycles. The first kappa shape index (κ1) is 20.5. The SMILES string of the molecule is C=C/C(=C\C)c1c(C)c(I)cc(C(C)n2nc(C)c3c(C)ncnc32)c1OC. The molecule has 5 nitrogen and oxygen atoms in total. The van der Waals surface area contributed by atoms with Crippen LogP contribution in [-0.4, -0.2) is 26.9 Å². The summed E-state index contributed by atoms with van der Waals surface area (Å²) in [5, 5.41) is 5.80. The lowest BCUT2D eigenvalue weighted by Gasteiger charge is -2.22. The summed E-state index contributed by atoms with van der Waals surface area (Å²) in [5.74, 6) is 0.852. The summed E-state index contributed by atoms with van der Waals surface area (Å²) in [6.07, 6.45) is 5.53.